The van der Waals surface area contributed by atoms with Crippen LogP contribution in [0.1, 0.15) is 46.0 Å². The van der Waals surface area contributed by atoms with E-state index < -0.39 is 15.4 Å². The predicted molar refractivity (Wildman–Crippen MR) is 68.7 cm³/mol. The zero-order valence-electron chi connectivity index (χ0n) is 11.0. The Hall–Kier alpha value is -0.750. The molecule has 0 rings (SSSR count). The third-order valence-corrected chi connectivity index (χ3v) is 4.37. The van der Waals surface area contributed by atoms with Crippen molar-refractivity contribution in [3.63, 3.8) is 0 Å². The second-order valence-corrected chi connectivity index (χ2v) is 6.10. The fraction of sp³-hybridized carbons (Fsp3) is 0.833. The lowest BCUT2D eigenvalue weighted by molar-refractivity contribution is -0.112. The molecule has 18 heavy (non-hydrogen) atoms. The highest BCUT2D eigenvalue weighted by atomic mass is 32.2. The third-order valence-electron chi connectivity index (χ3n) is 2.86. The van der Waals surface area contributed by atoms with Crippen molar-refractivity contribution < 1.29 is 22.2 Å². The van der Waals surface area contributed by atoms with Crippen molar-refractivity contribution in [3.8, 4) is 0 Å². The average molecular weight is 278 g/mol. The molecule has 0 aromatic carbocycles. The maximum Gasteiger partial charge on any atom is 0.277 e. The van der Waals surface area contributed by atoms with Crippen molar-refractivity contribution in [3.05, 3.63) is 0 Å². The molecule has 0 radical (unpaired) electrons. The highest BCUT2D eigenvalue weighted by molar-refractivity contribution is 7.88. The molecule has 106 valence electrons. The molecular weight excluding hydrogens is 256 g/mol. The first-order valence-electron chi connectivity index (χ1n) is 6.28. The van der Waals surface area contributed by atoms with E-state index in [4.69, 9.17) is 4.18 Å². The first-order valence-corrected chi connectivity index (χ1v) is 7.76. The van der Waals surface area contributed by atoms with Crippen LogP contribution >= 0.6 is 0 Å². The lowest BCUT2D eigenvalue weighted by Crippen LogP contribution is -2.27. The van der Waals surface area contributed by atoms with Gasteiger partial charge in [-0.2, -0.15) is 8.42 Å². The van der Waals surface area contributed by atoms with Crippen LogP contribution in [0.5, 0.6) is 0 Å². The van der Waals surface area contributed by atoms with Gasteiger partial charge >= 0.3 is 0 Å². The van der Waals surface area contributed by atoms with E-state index in [9.17, 15) is 18.0 Å². The van der Waals surface area contributed by atoms with Gasteiger partial charge in [0.15, 0.2) is 0 Å². The molecule has 0 fully saturated rings. The lowest BCUT2D eigenvalue weighted by Gasteiger charge is -2.16. The van der Waals surface area contributed by atoms with Gasteiger partial charge in [0.2, 0.25) is 0 Å². The van der Waals surface area contributed by atoms with Gasteiger partial charge in [0, 0.05) is 6.42 Å². The van der Waals surface area contributed by atoms with Gasteiger partial charge in [-0.25, -0.2) is 0 Å². The number of aldehydes is 2. The minimum Gasteiger partial charge on any atom is -0.303 e. The van der Waals surface area contributed by atoms with Crippen LogP contribution < -0.4 is 0 Å². The second-order valence-electron chi connectivity index (χ2n) is 4.27. The summed E-state index contributed by atoms with van der Waals surface area (Å²) in [5.41, 5.74) is 0. The maximum absolute atomic E-state index is 11.6. The van der Waals surface area contributed by atoms with Crippen LogP contribution in [-0.4, -0.2) is 32.8 Å². The van der Waals surface area contributed by atoms with Gasteiger partial charge in [-0.05, 0) is 12.3 Å². The molecule has 0 aromatic heterocycles. The van der Waals surface area contributed by atoms with Gasteiger partial charge in [0.1, 0.15) is 17.8 Å². The second kappa shape index (κ2) is 9.22. The molecule has 0 amide bonds. The van der Waals surface area contributed by atoms with Crippen LogP contribution in [0.3, 0.4) is 0 Å². The molecule has 0 aliphatic carbocycles. The van der Waals surface area contributed by atoms with E-state index in [0.29, 0.717) is 6.29 Å². The van der Waals surface area contributed by atoms with Crippen LogP contribution in [0.15, 0.2) is 0 Å². The highest BCUT2D eigenvalue weighted by Gasteiger charge is 2.26. The zero-order chi connectivity index (χ0) is 14.0. The number of unbranched alkanes of at least 4 members (excludes halogenated alkanes) is 1. The minimum atomic E-state index is -3.96. The first-order chi connectivity index (χ1) is 8.51. The molecule has 0 saturated carbocycles. The lowest BCUT2D eigenvalue weighted by atomic mass is 10.0. The summed E-state index contributed by atoms with van der Waals surface area (Å²) in [6.07, 6.45) is 4.11. The monoisotopic (exact) mass is 278 g/mol. The van der Waals surface area contributed by atoms with Gasteiger partial charge in [0.05, 0.1) is 6.61 Å². The van der Waals surface area contributed by atoms with Crippen LogP contribution in [0.4, 0.5) is 0 Å². The Kier molecular flexibility index (Phi) is 8.83. The number of carbonyl (C=O) groups excluding carboxylic acids is 2. The van der Waals surface area contributed by atoms with Crippen molar-refractivity contribution in [1.29, 1.82) is 0 Å². The smallest absolute Gasteiger partial charge is 0.277 e. The molecule has 0 saturated heterocycles. The van der Waals surface area contributed by atoms with Gasteiger partial charge in [-0.15, -0.1) is 0 Å². The van der Waals surface area contributed by atoms with Gasteiger partial charge in [0.25, 0.3) is 10.1 Å². The summed E-state index contributed by atoms with van der Waals surface area (Å²) in [5, 5.41) is -1.38. The van der Waals surface area contributed by atoms with E-state index in [-0.39, 0.29) is 25.2 Å². The van der Waals surface area contributed by atoms with Gasteiger partial charge in [-0.3, -0.25) is 4.18 Å². The van der Waals surface area contributed by atoms with E-state index in [1.807, 2.05) is 6.92 Å². The summed E-state index contributed by atoms with van der Waals surface area (Å²) < 4.78 is 28.1. The minimum absolute atomic E-state index is 0.0853. The molecule has 0 heterocycles. The van der Waals surface area contributed by atoms with Crippen molar-refractivity contribution in [2.45, 2.75) is 51.2 Å². The van der Waals surface area contributed by atoms with Gasteiger partial charge < -0.3 is 9.59 Å². The zero-order valence-corrected chi connectivity index (χ0v) is 11.8. The molecule has 0 aromatic rings. The Balaban J connectivity index is 4.38. The van der Waals surface area contributed by atoms with Crippen LogP contribution in [-0.2, 0) is 23.9 Å². The Morgan fingerprint density at radius 3 is 2.33 bits per heavy atom. The normalized spacial score (nSPS) is 15.0. The van der Waals surface area contributed by atoms with Gasteiger partial charge in [-0.1, -0.05) is 33.1 Å². The van der Waals surface area contributed by atoms with Crippen molar-refractivity contribution >= 4 is 22.7 Å². The molecule has 0 N–H and O–H groups in total. The molecule has 1 unspecified atom stereocenters. The molecule has 0 aliphatic rings. The topological polar surface area (TPSA) is 77.5 Å². The molecule has 6 heteroatoms. The molecular formula is C12H22O5S. The maximum atomic E-state index is 11.6. The average Bonchev–Trinajstić information content (AvgIpc) is 2.36. The summed E-state index contributed by atoms with van der Waals surface area (Å²) in [6.45, 7) is 4.12. The Morgan fingerprint density at radius 1 is 1.22 bits per heavy atom. The van der Waals surface area contributed by atoms with E-state index in [1.54, 1.807) is 0 Å². The van der Waals surface area contributed by atoms with Crippen LogP contribution in [0, 0.1) is 5.92 Å². The summed E-state index contributed by atoms with van der Waals surface area (Å²) >= 11 is 0. The molecule has 0 bridgehead atoms. The van der Waals surface area contributed by atoms with Crippen LogP contribution in [0.25, 0.3) is 0 Å². The summed E-state index contributed by atoms with van der Waals surface area (Å²) in [7, 11) is -3.96. The Bertz CT molecular complexity index is 336. The first kappa shape index (κ1) is 17.2. The summed E-state index contributed by atoms with van der Waals surface area (Å²) in [4.78, 5) is 20.9. The standard InChI is InChI=1S/C12H22O5S/c1-3-5-6-11(4-2)10-17-18(15,16)12(9-14)7-8-13/h8-9,11-12H,3-7,10H2,1-2H3/t11?,12-/m0/s1. The predicted octanol–water partition coefficient (Wildman–Crippen LogP) is 1.71. The number of hydrogen-bond acceptors (Lipinski definition) is 5. The van der Waals surface area contributed by atoms with Crippen molar-refractivity contribution in [2.24, 2.45) is 5.92 Å². The van der Waals surface area contributed by atoms with E-state index in [1.165, 1.54) is 0 Å². The molecule has 2 atom stereocenters. The van der Waals surface area contributed by atoms with E-state index in [2.05, 4.69) is 6.92 Å². The third kappa shape index (κ3) is 6.26. The SMILES string of the molecule is CCCCC(CC)COS(=O)(=O)[C@H](C=O)CC=O. The number of hydrogen-bond donors (Lipinski definition) is 0. The highest BCUT2D eigenvalue weighted by Crippen LogP contribution is 2.15. The molecule has 0 aliphatic heterocycles. The molecule has 5 nitrogen and oxygen atoms in total. The Labute approximate surface area is 109 Å². The number of rotatable bonds is 11. The summed E-state index contributed by atoms with van der Waals surface area (Å²) in [6, 6.07) is 0. The quantitative estimate of drug-likeness (QED) is 0.424. The number of carbonyl (C=O) groups is 2. The Morgan fingerprint density at radius 2 is 1.89 bits per heavy atom. The van der Waals surface area contributed by atoms with E-state index in [0.717, 1.165) is 25.7 Å². The largest absolute Gasteiger partial charge is 0.303 e. The fourth-order valence-corrected chi connectivity index (χ4v) is 2.52. The fourth-order valence-electron chi connectivity index (χ4n) is 1.51. The van der Waals surface area contributed by atoms with E-state index >= 15 is 0 Å². The summed E-state index contributed by atoms with van der Waals surface area (Å²) in [5.74, 6) is 0.170. The van der Waals surface area contributed by atoms with Crippen molar-refractivity contribution in [1.82, 2.24) is 0 Å². The van der Waals surface area contributed by atoms with Crippen LogP contribution in [0.2, 0.25) is 0 Å². The molecule has 0 spiro atoms. The van der Waals surface area contributed by atoms with Crippen molar-refractivity contribution in [2.75, 3.05) is 6.61 Å².